The highest BCUT2D eigenvalue weighted by molar-refractivity contribution is 4.84. The number of hydrogen-bond donors (Lipinski definition) is 0. The predicted molar refractivity (Wildman–Crippen MR) is 63.4 cm³/mol. The Bertz CT molecular complexity index is 168. The van der Waals surface area contributed by atoms with Crippen LogP contribution in [0, 0.1) is 11.8 Å². The average molecular weight is 195 g/mol. The van der Waals surface area contributed by atoms with Gasteiger partial charge in [0.25, 0.3) is 0 Å². The summed E-state index contributed by atoms with van der Waals surface area (Å²) in [6.07, 6.45) is 8.66. The van der Waals surface area contributed by atoms with Crippen molar-refractivity contribution in [1.29, 1.82) is 0 Å². The molecule has 0 N–H and O–H groups in total. The molecular formula is C13H25N. The number of likely N-dealkylation sites (tertiary alicyclic amines) is 1. The van der Waals surface area contributed by atoms with Gasteiger partial charge in [-0.25, -0.2) is 0 Å². The molecule has 1 aliphatic rings. The third-order valence-electron chi connectivity index (χ3n) is 3.06. The molecule has 0 saturated carbocycles. The molecule has 0 amide bonds. The van der Waals surface area contributed by atoms with Crippen molar-refractivity contribution >= 4 is 0 Å². The van der Waals surface area contributed by atoms with Gasteiger partial charge in [0, 0.05) is 6.54 Å². The monoisotopic (exact) mass is 195 g/mol. The Labute approximate surface area is 89.2 Å². The maximum absolute atomic E-state index is 2.62. The minimum atomic E-state index is 0.748. The number of allylic oxidation sites excluding steroid dienone is 2. The smallest absolute Gasteiger partial charge is 0.000723 e. The van der Waals surface area contributed by atoms with Crippen LogP contribution in [0.1, 0.15) is 40.0 Å². The van der Waals surface area contributed by atoms with Gasteiger partial charge in [-0.3, -0.25) is 0 Å². The largest absolute Gasteiger partial charge is 0.303 e. The fourth-order valence-corrected chi connectivity index (χ4v) is 2.52. The molecule has 14 heavy (non-hydrogen) atoms. The summed E-state index contributed by atoms with van der Waals surface area (Å²) in [4.78, 5) is 2.62. The minimum absolute atomic E-state index is 0.748. The van der Waals surface area contributed by atoms with E-state index in [-0.39, 0.29) is 0 Å². The maximum atomic E-state index is 2.62. The number of rotatable bonds is 5. The van der Waals surface area contributed by atoms with Crippen LogP contribution in [-0.2, 0) is 0 Å². The lowest BCUT2D eigenvalue weighted by Crippen LogP contribution is -2.26. The lowest BCUT2D eigenvalue weighted by molar-refractivity contribution is 0.270. The highest BCUT2D eigenvalue weighted by atomic mass is 15.1. The van der Waals surface area contributed by atoms with Crippen LogP contribution >= 0.6 is 0 Å². The topological polar surface area (TPSA) is 3.24 Å². The average Bonchev–Trinajstić information content (AvgIpc) is 2.56. The molecule has 1 heteroatoms. The lowest BCUT2D eigenvalue weighted by Gasteiger charge is -2.21. The van der Waals surface area contributed by atoms with Gasteiger partial charge in [-0.2, -0.15) is 0 Å². The SMILES string of the molecule is CC=CC(C)CC(C)CN1CCCC1. The minimum Gasteiger partial charge on any atom is -0.303 e. The van der Waals surface area contributed by atoms with Crippen molar-refractivity contribution in [3.63, 3.8) is 0 Å². The third-order valence-corrected chi connectivity index (χ3v) is 3.06. The van der Waals surface area contributed by atoms with Crippen molar-refractivity contribution in [2.45, 2.75) is 40.0 Å². The molecule has 0 aromatic rings. The molecular weight excluding hydrogens is 170 g/mol. The zero-order valence-electron chi connectivity index (χ0n) is 10.00. The molecule has 0 bridgehead atoms. The van der Waals surface area contributed by atoms with E-state index in [9.17, 15) is 0 Å². The van der Waals surface area contributed by atoms with E-state index >= 15 is 0 Å². The van der Waals surface area contributed by atoms with E-state index in [0.717, 1.165) is 11.8 Å². The van der Waals surface area contributed by atoms with Crippen LogP contribution in [0.2, 0.25) is 0 Å². The number of nitrogens with zero attached hydrogens (tertiary/aromatic N) is 1. The van der Waals surface area contributed by atoms with Crippen LogP contribution in [0.4, 0.5) is 0 Å². The second-order valence-electron chi connectivity index (χ2n) is 4.85. The van der Waals surface area contributed by atoms with Crippen molar-refractivity contribution in [2.75, 3.05) is 19.6 Å². The molecule has 2 atom stereocenters. The van der Waals surface area contributed by atoms with Gasteiger partial charge in [0.05, 0.1) is 0 Å². The first kappa shape index (κ1) is 11.8. The van der Waals surface area contributed by atoms with Crippen LogP contribution in [0.15, 0.2) is 12.2 Å². The quantitative estimate of drug-likeness (QED) is 0.608. The molecule has 0 radical (unpaired) electrons. The highest BCUT2D eigenvalue weighted by Gasteiger charge is 2.15. The lowest BCUT2D eigenvalue weighted by atomic mass is 9.96. The summed E-state index contributed by atoms with van der Waals surface area (Å²) in [5, 5.41) is 0. The summed E-state index contributed by atoms with van der Waals surface area (Å²) in [6.45, 7) is 10.8. The molecule has 1 rings (SSSR count). The van der Waals surface area contributed by atoms with E-state index < -0.39 is 0 Å². The van der Waals surface area contributed by atoms with Crippen molar-refractivity contribution in [1.82, 2.24) is 4.90 Å². The van der Waals surface area contributed by atoms with Gasteiger partial charge in [0.15, 0.2) is 0 Å². The highest BCUT2D eigenvalue weighted by Crippen LogP contribution is 2.17. The molecule has 1 aliphatic heterocycles. The number of hydrogen-bond acceptors (Lipinski definition) is 1. The van der Waals surface area contributed by atoms with Gasteiger partial charge in [0.1, 0.15) is 0 Å². The van der Waals surface area contributed by atoms with E-state index in [4.69, 9.17) is 0 Å². The van der Waals surface area contributed by atoms with Gasteiger partial charge in [-0.1, -0.05) is 26.0 Å². The summed E-state index contributed by atoms with van der Waals surface area (Å²) in [5.41, 5.74) is 0. The second-order valence-corrected chi connectivity index (χ2v) is 4.85. The summed E-state index contributed by atoms with van der Waals surface area (Å²) in [5.74, 6) is 1.59. The molecule has 82 valence electrons. The summed E-state index contributed by atoms with van der Waals surface area (Å²) >= 11 is 0. The molecule has 1 heterocycles. The summed E-state index contributed by atoms with van der Waals surface area (Å²) in [6, 6.07) is 0. The van der Waals surface area contributed by atoms with Crippen molar-refractivity contribution in [3.8, 4) is 0 Å². The Morgan fingerprint density at radius 2 is 1.86 bits per heavy atom. The van der Waals surface area contributed by atoms with Gasteiger partial charge in [-0.05, 0) is 51.1 Å². The van der Waals surface area contributed by atoms with Crippen molar-refractivity contribution < 1.29 is 0 Å². The van der Waals surface area contributed by atoms with E-state index in [1.807, 2.05) is 0 Å². The fraction of sp³-hybridized carbons (Fsp3) is 0.846. The van der Waals surface area contributed by atoms with Crippen LogP contribution < -0.4 is 0 Å². The first-order valence-corrected chi connectivity index (χ1v) is 6.07. The Morgan fingerprint density at radius 3 is 2.43 bits per heavy atom. The Hall–Kier alpha value is -0.300. The molecule has 0 aliphatic carbocycles. The Kier molecular flexibility index (Phi) is 5.24. The molecule has 2 unspecified atom stereocenters. The molecule has 1 fully saturated rings. The molecule has 1 nitrogen and oxygen atoms in total. The fourth-order valence-electron chi connectivity index (χ4n) is 2.52. The Balaban J connectivity index is 2.17. The second kappa shape index (κ2) is 6.23. The molecule has 0 aromatic heterocycles. The van der Waals surface area contributed by atoms with Crippen molar-refractivity contribution in [2.24, 2.45) is 11.8 Å². The molecule has 0 spiro atoms. The first-order chi connectivity index (χ1) is 6.72. The van der Waals surface area contributed by atoms with Gasteiger partial charge < -0.3 is 4.90 Å². The van der Waals surface area contributed by atoms with Gasteiger partial charge in [-0.15, -0.1) is 0 Å². The van der Waals surface area contributed by atoms with E-state index in [1.54, 1.807) is 0 Å². The standard InChI is InChI=1S/C13H25N/c1-4-7-12(2)10-13(3)11-14-8-5-6-9-14/h4,7,12-13H,5-6,8-11H2,1-3H3. The van der Waals surface area contributed by atoms with Crippen molar-refractivity contribution in [3.05, 3.63) is 12.2 Å². The third kappa shape index (κ3) is 4.28. The van der Waals surface area contributed by atoms with E-state index in [0.29, 0.717) is 0 Å². The van der Waals surface area contributed by atoms with E-state index in [2.05, 4.69) is 37.8 Å². The van der Waals surface area contributed by atoms with Crippen LogP contribution in [-0.4, -0.2) is 24.5 Å². The summed E-state index contributed by atoms with van der Waals surface area (Å²) in [7, 11) is 0. The Morgan fingerprint density at radius 1 is 1.21 bits per heavy atom. The predicted octanol–water partition coefficient (Wildman–Crippen LogP) is 3.32. The van der Waals surface area contributed by atoms with E-state index in [1.165, 1.54) is 38.9 Å². The normalized spacial score (nSPS) is 23.1. The maximum Gasteiger partial charge on any atom is 0.000723 e. The molecule has 0 aromatic carbocycles. The summed E-state index contributed by atoms with van der Waals surface area (Å²) < 4.78 is 0. The zero-order valence-corrected chi connectivity index (χ0v) is 10.00. The van der Waals surface area contributed by atoms with Crippen LogP contribution in [0.5, 0.6) is 0 Å². The molecule has 1 saturated heterocycles. The van der Waals surface area contributed by atoms with Crippen LogP contribution in [0.3, 0.4) is 0 Å². The first-order valence-electron chi connectivity index (χ1n) is 6.07. The zero-order chi connectivity index (χ0) is 10.4. The van der Waals surface area contributed by atoms with Crippen LogP contribution in [0.25, 0.3) is 0 Å². The van der Waals surface area contributed by atoms with Gasteiger partial charge >= 0.3 is 0 Å². The van der Waals surface area contributed by atoms with Gasteiger partial charge in [0.2, 0.25) is 0 Å².